The van der Waals surface area contributed by atoms with Gasteiger partial charge in [-0.05, 0) is 12.1 Å². The van der Waals surface area contributed by atoms with Crippen LogP contribution in [0.4, 0.5) is 5.69 Å². The Bertz CT molecular complexity index is 864. The molecule has 0 saturated carbocycles. The Hall–Kier alpha value is -3.76. The van der Waals surface area contributed by atoms with Crippen molar-refractivity contribution in [2.45, 2.75) is 6.54 Å². The number of benzene rings is 1. The number of nitro benzene ring substituents is 1. The molecule has 28 heavy (non-hydrogen) atoms. The van der Waals surface area contributed by atoms with Crippen LogP contribution in [0.3, 0.4) is 0 Å². The third kappa shape index (κ3) is 4.50. The first-order valence-electron chi connectivity index (χ1n) is 7.97. The van der Waals surface area contributed by atoms with Gasteiger partial charge in [0.15, 0.2) is 5.75 Å². The van der Waals surface area contributed by atoms with Gasteiger partial charge in [0.1, 0.15) is 11.3 Å². The van der Waals surface area contributed by atoms with Crippen molar-refractivity contribution in [2.24, 2.45) is 0 Å². The van der Waals surface area contributed by atoms with Gasteiger partial charge >= 0.3 is 5.69 Å². The molecule has 11 nitrogen and oxygen atoms in total. The van der Waals surface area contributed by atoms with Gasteiger partial charge in [-0.1, -0.05) is 0 Å². The maximum absolute atomic E-state index is 12.5. The van der Waals surface area contributed by atoms with Gasteiger partial charge in [0, 0.05) is 6.07 Å². The molecule has 0 atom stereocenters. The molecule has 11 heteroatoms. The van der Waals surface area contributed by atoms with Crippen LogP contribution in [0, 0.1) is 10.1 Å². The largest absolute Gasteiger partial charge is 0.493 e. The van der Waals surface area contributed by atoms with E-state index in [9.17, 15) is 19.7 Å². The average Bonchev–Trinajstić information content (AvgIpc) is 3.21. The van der Waals surface area contributed by atoms with Crippen molar-refractivity contribution in [3.8, 4) is 17.2 Å². The molecule has 0 fully saturated rings. The maximum atomic E-state index is 12.5. The van der Waals surface area contributed by atoms with Gasteiger partial charge in [0.05, 0.1) is 45.6 Å². The summed E-state index contributed by atoms with van der Waals surface area (Å²) >= 11 is 0. The van der Waals surface area contributed by atoms with Crippen molar-refractivity contribution in [1.82, 2.24) is 10.6 Å². The minimum Gasteiger partial charge on any atom is -0.493 e. The Morgan fingerprint density at radius 1 is 1.14 bits per heavy atom. The molecule has 0 saturated heterocycles. The topological polar surface area (TPSA) is 142 Å². The Labute approximate surface area is 159 Å². The molecular formula is C17H19N3O8. The van der Waals surface area contributed by atoms with E-state index in [1.807, 2.05) is 0 Å². The van der Waals surface area contributed by atoms with E-state index in [4.69, 9.17) is 18.6 Å². The number of amides is 2. The molecule has 150 valence electrons. The highest BCUT2D eigenvalue weighted by Gasteiger charge is 2.32. The fourth-order valence-corrected chi connectivity index (χ4v) is 2.41. The second kappa shape index (κ2) is 9.26. The molecule has 0 bridgehead atoms. The third-order valence-corrected chi connectivity index (χ3v) is 3.68. The number of nitrogens with zero attached hydrogens (tertiary/aromatic N) is 1. The molecule has 2 N–H and O–H groups in total. The lowest BCUT2D eigenvalue weighted by atomic mass is 10.1. The smallest absolute Gasteiger partial charge is 0.327 e. The average molecular weight is 393 g/mol. The van der Waals surface area contributed by atoms with Gasteiger partial charge in [-0.2, -0.15) is 0 Å². The summed E-state index contributed by atoms with van der Waals surface area (Å²) in [5, 5.41) is 16.4. The maximum Gasteiger partial charge on any atom is 0.327 e. The van der Waals surface area contributed by atoms with E-state index in [0.717, 1.165) is 6.07 Å². The first-order valence-corrected chi connectivity index (χ1v) is 7.97. The molecule has 0 radical (unpaired) electrons. The van der Waals surface area contributed by atoms with E-state index in [1.54, 1.807) is 12.1 Å². The number of hydrogen-bond acceptors (Lipinski definition) is 8. The van der Waals surface area contributed by atoms with Crippen LogP contribution in [0.5, 0.6) is 17.2 Å². The van der Waals surface area contributed by atoms with E-state index in [0.29, 0.717) is 5.76 Å². The van der Waals surface area contributed by atoms with E-state index in [-0.39, 0.29) is 29.4 Å². The first kappa shape index (κ1) is 20.6. The van der Waals surface area contributed by atoms with Crippen molar-refractivity contribution in [3.05, 3.63) is 45.9 Å². The highest BCUT2D eigenvalue weighted by molar-refractivity contribution is 6.02. The standard InChI is InChI=1S/C17H19N3O8/c1-25-12-7-11(14(20(23)24)16(27-3)15(12)26-2)17(22)19-9-13(21)18-8-10-5-4-6-28-10/h4-7H,8-9H2,1-3H3,(H,18,21)(H,19,22). The summed E-state index contributed by atoms with van der Waals surface area (Å²) in [4.78, 5) is 35.1. The number of rotatable bonds is 9. The van der Waals surface area contributed by atoms with Crippen molar-refractivity contribution in [2.75, 3.05) is 27.9 Å². The van der Waals surface area contributed by atoms with Crippen LogP contribution in [-0.4, -0.2) is 44.6 Å². The fraction of sp³-hybridized carbons (Fsp3) is 0.294. The minimum atomic E-state index is -0.848. The SMILES string of the molecule is COc1cc(C(=O)NCC(=O)NCc2ccco2)c([N+](=O)[O-])c(OC)c1OC. The number of nitrogens with one attached hydrogen (secondary N) is 2. The first-order chi connectivity index (χ1) is 13.4. The van der Waals surface area contributed by atoms with Crippen LogP contribution in [0.25, 0.3) is 0 Å². The second-order valence-corrected chi connectivity index (χ2v) is 5.34. The zero-order valence-electron chi connectivity index (χ0n) is 15.4. The van der Waals surface area contributed by atoms with Crippen LogP contribution in [0.2, 0.25) is 0 Å². The number of methoxy groups -OCH3 is 3. The number of carbonyl (C=O) groups is 2. The van der Waals surface area contributed by atoms with Gasteiger partial charge in [-0.15, -0.1) is 0 Å². The predicted octanol–water partition coefficient (Wildman–Crippen LogP) is 1.26. The monoisotopic (exact) mass is 393 g/mol. The predicted molar refractivity (Wildman–Crippen MR) is 95.6 cm³/mol. The Balaban J connectivity index is 2.19. The number of hydrogen-bond donors (Lipinski definition) is 2. The molecule has 2 amide bonds. The Morgan fingerprint density at radius 3 is 2.39 bits per heavy atom. The fourth-order valence-electron chi connectivity index (χ4n) is 2.41. The van der Waals surface area contributed by atoms with E-state index < -0.39 is 29.0 Å². The highest BCUT2D eigenvalue weighted by atomic mass is 16.6. The summed E-state index contributed by atoms with van der Waals surface area (Å²) < 4.78 is 20.3. The summed E-state index contributed by atoms with van der Waals surface area (Å²) in [5.41, 5.74) is -0.938. The number of carbonyl (C=O) groups excluding carboxylic acids is 2. The molecular weight excluding hydrogens is 374 g/mol. The summed E-state index contributed by atoms with van der Waals surface area (Å²) in [6, 6.07) is 4.50. The van der Waals surface area contributed by atoms with Crippen molar-refractivity contribution in [3.63, 3.8) is 0 Å². The Morgan fingerprint density at radius 2 is 1.86 bits per heavy atom. The quantitative estimate of drug-likeness (QED) is 0.479. The van der Waals surface area contributed by atoms with E-state index >= 15 is 0 Å². The summed E-state index contributed by atoms with van der Waals surface area (Å²) in [6.45, 7) is -0.251. The van der Waals surface area contributed by atoms with Crippen molar-refractivity contribution < 1.29 is 33.1 Å². The molecule has 0 aliphatic carbocycles. The molecule has 2 aromatic rings. The number of ether oxygens (including phenoxy) is 3. The van der Waals surface area contributed by atoms with Crippen LogP contribution in [0.1, 0.15) is 16.1 Å². The molecule has 0 spiro atoms. The number of furan rings is 1. The molecule has 0 aliphatic heterocycles. The normalized spacial score (nSPS) is 10.1. The third-order valence-electron chi connectivity index (χ3n) is 3.68. The summed E-state index contributed by atoms with van der Waals surface area (Å²) in [7, 11) is 3.80. The molecule has 2 rings (SSSR count). The van der Waals surface area contributed by atoms with Crippen LogP contribution < -0.4 is 24.8 Å². The Kier molecular flexibility index (Phi) is 6.79. The lowest BCUT2D eigenvalue weighted by Gasteiger charge is -2.14. The molecule has 1 aromatic heterocycles. The van der Waals surface area contributed by atoms with E-state index in [2.05, 4.69) is 10.6 Å². The van der Waals surface area contributed by atoms with Crippen LogP contribution >= 0.6 is 0 Å². The summed E-state index contributed by atoms with van der Waals surface area (Å²) in [6.07, 6.45) is 1.47. The lowest BCUT2D eigenvalue weighted by molar-refractivity contribution is -0.386. The minimum absolute atomic E-state index is 0.0237. The van der Waals surface area contributed by atoms with Crippen LogP contribution in [0.15, 0.2) is 28.9 Å². The molecule has 1 heterocycles. The molecule has 0 unspecified atom stereocenters. The van der Waals surface area contributed by atoms with Gasteiger partial charge < -0.3 is 29.3 Å². The number of nitro groups is 1. The molecule has 1 aromatic carbocycles. The highest BCUT2D eigenvalue weighted by Crippen LogP contribution is 2.46. The lowest BCUT2D eigenvalue weighted by Crippen LogP contribution is -2.36. The van der Waals surface area contributed by atoms with Crippen LogP contribution in [-0.2, 0) is 11.3 Å². The second-order valence-electron chi connectivity index (χ2n) is 5.34. The van der Waals surface area contributed by atoms with Gasteiger partial charge in [-0.25, -0.2) is 0 Å². The van der Waals surface area contributed by atoms with E-state index in [1.165, 1.54) is 27.6 Å². The van der Waals surface area contributed by atoms with Gasteiger partial charge in [0.2, 0.25) is 17.4 Å². The zero-order valence-corrected chi connectivity index (χ0v) is 15.4. The summed E-state index contributed by atoms with van der Waals surface area (Å²) in [5.74, 6) is -1.03. The van der Waals surface area contributed by atoms with Crippen molar-refractivity contribution in [1.29, 1.82) is 0 Å². The van der Waals surface area contributed by atoms with Gasteiger partial charge in [0.25, 0.3) is 5.91 Å². The molecule has 0 aliphatic rings. The van der Waals surface area contributed by atoms with Crippen molar-refractivity contribution >= 4 is 17.5 Å². The van der Waals surface area contributed by atoms with Gasteiger partial charge in [-0.3, -0.25) is 19.7 Å². The zero-order chi connectivity index (χ0) is 20.7.